The lowest BCUT2D eigenvalue weighted by atomic mass is 10.1. The molecule has 3 aromatic carbocycles. The van der Waals surface area contributed by atoms with Crippen molar-refractivity contribution in [2.45, 2.75) is 13.2 Å². The number of halogens is 1. The lowest BCUT2D eigenvalue weighted by Crippen LogP contribution is -2.12. The maximum atomic E-state index is 12.9. The Morgan fingerprint density at radius 1 is 1.12 bits per heavy atom. The van der Waals surface area contributed by atoms with Gasteiger partial charge in [-0.1, -0.05) is 23.7 Å². The van der Waals surface area contributed by atoms with Gasteiger partial charge >= 0.3 is 5.97 Å². The zero-order chi connectivity index (χ0) is 23.7. The Balaban J connectivity index is 1.32. The Labute approximate surface area is 200 Å². The number of fused-ring (bicyclic) bond motifs is 2. The van der Waals surface area contributed by atoms with Crippen LogP contribution in [0.5, 0.6) is 17.2 Å². The normalized spacial score (nSPS) is 15.2. The molecule has 0 fully saturated rings. The molecule has 34 heavy (non-hydrogen) atoms. The van der Waals surface area contributed by atoms with Gasteiger partial charge in [-0.25, -0.2) is 4.79 Å². The van der Waals surface area contributed by atoms with E-state index in [0.717, 1.165) is 11.1 Å². The van der Waals surface area contributed by atoms with Crippen LogP contribution in [-0.4, -0.2) is 25.7 Å². The third-order valence-corrected chi connectivity index (χ3v) is 5.63. The summed E-state index contributed by atoms with van der Waals surface area (Å²) >= 11 is 6.22. The summed E-state index contributed by atoms with van der Waals surface area (Å²) in [5, 5.41) is 0.512. The summed E-state index contributed by atoms with van der Waals surface area (Å²) in [4.78, 5) is 24.4. The van der Waals surface area contributed by atoms with Gasteiger partial charge in [-0.2, -0.15) is 0 Å². The van der Waals surface area contributed by atoms with E-state index in [2.05, 4.69) is 0 Å². The van der Waals surface area contributed by atoms with Gasteiger partial charge in [0.05, 0.1) is 24.8 Å². The highest BCUT2D eigenvalue weighted by Crippen LogP contribution is 2.38. The third-order valence-electron chi connectivity index (χ3n) is 5.41. The van der Waals surface area contributed by atoms with Crippen LogP contribution in [0.2, 0.25) is 5.02 Å². The quantitative estimate of drug-likeness (QED) is 0.369. The molecule has 5 rings (SSSR count). The monoisotopic (exact) mass is 478 g/mol. The molecule has 0 saturated carbocycles. The summed E-state index contributed by atoms with van der Waals surface area (Å²) in [5.41, 5.74) is 3.24. The molecule has 0 amide bonds. The standard InChI is InChI=1S/C26H19ClO7/c1-30-26(29)16-4-2-15(3-5-16)12-32-20-6-7-21-22(11-20)34-23(24(21)28)10-17-8-19(27)9-18-13-31-14-33-25(17)18/h2-11H,12-14H2,1H3. The number of rotatable bonds is 5. The minimum atomic E-state index is -0.394. The molecule has 0 aliphatic carbocycles. The van der Waals surface area contributed by atoms with Gasteiger partial charge in [-0.15, -0.1) is 0 Å². The van der Waals surface area contributed by atoms with Crippen molar-refractivity contribution < 1.29 is 33.3 Å². The number of hydrogen-bond acceptors (Lipinski definition) is 7. The molecular formula is C26H19ClO7. The minimum Gasteiger partial charge on any atom is -0.489 e. The first-order valence-electron chi connectivity index (χ1n) is 10.4. The molecule has 0 spiro atoms. The summed E-state index contributed by atoms with van der Waals surface area (Å²) in [6, 6.07) is 15.5. The number of ketones is 1. The summed E-state index contributed by atoms with van der Waals surface area (Å²) in [7, 11) is 1.34. The number of ether oxygens (including phenoxy) is 5. The number of allylic oxidation sites excluding steroid dienone is 1. The van der Waals surface area contributed by atoms with Gasteiger partial charge in [-0.05, 0) is 48.0 Å². The zero-order valence-electron chi connectivity index (χ0n) is 18.1. The van der Waals surface area contributed by atoms with Gasteiger partial charge in [0, 0.05) is 22.2 Å². The molecule has 0 radical (unpaired) electrons. The number of carbonyl (C=O) groups is 2. The number of benzene rings is 3. The molecular weight excluding hydrogens is 460 g/mol. The predicted molar refractivity (Wildman–Crippen MR) is 123 cm³/mol. The molecule has 172 valence electrons. The van der Waals surface area contributed by atoms with Crippen LogP contribution in [0.3, 0.4) is 0 Å². The van der Waals surface area contributed by atoms with E-state index in [9.17, 15) is 9.59 Å². The van der Waals surface area contributed by atoms with Gasteiger partial charge in [0.25, 0.3) is 0 Å². The van der Waals surface area contributed by atoms with Crippen LogP contribution in [0.15, 0.2) is 60.4 Å². The molecule has 0 saturated heterocycles. The number of Topliss-reactive ketones (excluding diaryl/α,β-unsaturated/α-hetero) is 1. The van der Waals surface area contributed by atoms with Gasteiger partial charge < -0.3 is 23.7 Å². The molecule has 3 aromatic rings. The van der Waals surface area contributed by atoms with E-state index in [1.165, 1.54) is 7.11 Å². The Morgan fingerprint density at radius 2 is 1.94 bits per heavy atom. The maximum absolute atomic E-state index is 12.9. The molecule has 2 aliphatic heterocycles. The fourth-order valence-electron chi connectivity index (χ4n) is 3.74. The smallest absolute Gasteiger partial charge is 0.337 e. The fraction of sp³-hybridized carbons (Fsp3) is 0.154. The Kier molecular flexibility index (Phi) is 5.96. The number of methoxy groups -OCH3 is 1. The van der Waals surface area contributed by atoms with Crippen LogP contribution in [0.25, 0.3) is 6.08 Å². The van der Waals surface area contributed by atoms with Gasteiger partial charge in [0.2, 0.25) is 5.78 Å². The van der Waals surface area contributed by atoms with E-state index in [-0.39, 0.29) is 24.9 Å². The average Bonchev–Trinajstić information content (AvgIpc) is 3.16. The van der Waals surface area contributed by atoms with Crippen molar-refractivity contribution in [3.8, 4) is 17.2 Å². The van der Waals surface area contributed by atoms with Gasteiger partial charge in [0.1, 0.15) is 23.9 Å². The summed E-state index contributed by atoms with van der Waals surface area (Å²) in [5.74, 6) is 1.12. The van der Waals surface area contributed by atoms with Crippen LogP contribution in [-0.2, 0) is 22.7 Å². The van der Waals surface area contributed by atoms with E-state index in [0.29, 0.717) is 45.6 Å². The summed E-state index contributed by atoms with van der Waals surface area (Å²) in [6.45, 7) is 0.796. The largest absolute Gasteiger partial charge is 0.489 e. The Morgan fingerprint density at radius 3 is 2.74 bits per heavy atom. The highest BCUT2D eigenvalue weighted by molar-refractivity contribution is 6.31. The first-order valence-corrected chi connectivity index (χ1v) is 10.8. The second-order valence-corrected chi connectivity index (χ2v) is 8.11. The molecule has 0 unspecified atom stereocenters. The highest BCUT2D eigenvalue weighted by Gasteiger charge is 2.28. The van der Waals surface area contributed by atoms with E-state index in [1.807, 2.05) is 0 Å². The molecule has 2 aliphatic rings. The lowest BCUT2D eigenvalue weighted by Gasteiger charge is -2.20. The van der Waals surface area contributed by atoms with Crippen molar-refractivity contribution in [1.82, 2.24) is 0 Å². The van der Waals surface area contributed by atoms with Crippen molar-refractivity contribution in [2.24, 2.45) is 0 Å². The number of hydrogen-bond donors (Lipinski definition) is 0. The topological polar surface area (TPSA) is 80.3 Å². The van der Waals surface area contributed by atoms with Crippen molar-refractivity contribution in [3.05, 3.63) is 93.2 Å². The van der Waals surface area contributed by atoms with Crippen LogP contribution in [0.4, 0.5) is 0 Å². The van der Waals surface area contributed by atoms with Gasteiger partial charge in [-0.3, -0.25) is 4.79 Å². The summed E-state index contributed by atoms with van der Waals surface area (Å²) in [6.07, 6.45) is 1.63. The number of esters is 1. The molecule has 2 heterocycles. The van der Waals surface area contributed by atoms with Crippen LogP contribution >= 0.6 is 11.6 Å². The molecule has 0 N–H and O–H groups in total. The predicted octanol–water partition coefficient (Wildman–Crippen LogP) is 5.19. The van der Waals surface area contributed by atoms with Crippen molar-refractivity contribution in [3.63, 3.8) is 0 Å². The average molecular weight is 479 g/mol. The van der Waals surface area contributed by atoms with E-state index >= 15 is 0 Å². The molecule has 7 nitrogen and oxygen atoms in total. The van der Waals surface area contributed by atoms with E-state index in [4.69, 9.17) is 35.3 Å². The van der Waals surface area contributed by atoms with Crippen LogP contribution in [0, 0.1) is 0 Å². The lowest BCUT2D eigenvalue weighted by molar-refractivity contribution is -0.0165. The Bertz CT molecular complexity index is 1310. The van der Waals surface area contributed by atoms with Crippen molar-refractivity contribution in [1.29, 1.82) is 0 Å². The molecule has 0 bridgehead atoms. The van der Waals surface area contributed by atoms with Gasteiger partial charge in [0.15, 0.2) is 12.6 Å². The van der Waals surface area contributed by atoms with Crippen molar-refractivity contribution in [2.75, 3.05) is 13.9 Å². The first-order chi connectivity index (χ1) is 16.5. The molecule has 0 aromatic heterocycles. The van der Waals surface area contributed by atoms with Crippen molar-refractivity contribution >= 4 is 29.4 Å². The van der Waals surface area contributed by atoms with Crippen LogP contribution < -0.4 is 14.2 Å². The van der Waals surface area contributed by atoms with E-state index < -0.39 is 5.97 Å². The Hall–Kier alpha value is -3.81. The zero-order valence-corrected chi connectivity index (χ0v) is 18.9. The second kappa shape index (κ2) is 9.21. The summed E-state index contributed by atoms with van der Waals surface area (Å²) < 4.78 is 27.3. The SMILES string of the molecule is COC(=O)c1ccc(COc2ccc3c(c2)OC(=Cc2cc(Cl)cc4c2OCOC4)C3=O)cc1. The second-order valence-electron chi connectivity index (χ2n) is 7.67. The molecule has 8 heteroatoms. The molecule has 0 atom stereocenters. The minimum absolute atomic E-state index is 0.131. The number of carbonyl (C=O) groups excluding carboxylic acids is 2. The maximum Gasteiger partial charge on any atom is 0.337 e. The van der Waals surface area contributed by atoms with Crippen LogP contribution in [0.1, 0.15) is 37.4 Å². The highest BCUT2D eigenvalue weighted by atomic mass is 35.5. The van der Waals surface area contributed by atoms with E-state index in [1.54, 1.807) is 60.7 Å². The third kappa shape index (κ3) is 4.35. The first kappa shape index (κ1) is 22.0. The fourth-order valence-corrected chi connectivity index (χ4v) is 3.98.